The summed E-state index contributed by atoms with van der Waals surface area (Å²) in [7, 11) is 0. The Morgan fingerprint density at radius 3 is 2.29 bits per heavy atom. The number of fused-ring (bicyclic) bond motifs is 4. The van der Waals surface area contributed by atoms with Crippen LogP contribution in [0.2, 0.25) is 0 Å². The molecule has 0 spiro atoms. The molecule has 0 saturated heterocycles. The van der Waals surface area contributed by atoms with E-state index in [0.29, 0.717) is 5.92 Å². The van der Waals surface area contributed by atoms with Gasteiger partial charge in [0.2, 0.25) is 0 Å². The van der Waals surface area contributed by atoms with Gasteiger partial charge in [0, 0.05) is 22.6 Å². The van der Waals surface area contributed by atoms with Crippen molar-refractivity contribution in [3.05, 3.63) is 94.4 Å². The monoisotopic (exact) mass is 468 g/mol. The Kier molecular flexibility index (Phi) is 8.59. The lowest BCUT2D eigenvalue weighted by atomic mass is 9.83. The van der Waals surface area contributed by atoms with Crippen LogP contribution in [0.4, 0.5) is 0 Å². The molecular formula is C33H44N2. The highest BCUT2D eigenvalue weighted by Crippen LogP contribution is 2.48. The number of aryl methyl sites for hydroxylation is 3. The summed E-state index contributed by atoms with van der Waals surface area (Å²) in [6, 6.07) is 2.31. The van der Waals surface area contributed by atoms with Crippen molar-refractivity contribution in [1.82, 2.24) is 9.88 Å². The summed E-state index contributed by atoms with van der Waals surface area (Å²) in [4.78, 5) is 7.71. The van der Waals surface area contributed by atoms with E-state index in [1.165, 1.54) is 75.1 Å². The molecule has 2 aromatic rings. The average Bonchev–Trinajstić information content (AvgIpc) is 3.69. The number of allylic oxidation sites excluding steroid dienone is 5. The van der Waals surface area contributed by atoms with Crippen LogP contribution >= 0.6 is 0 Å². The molecule has 0 N–H and O–H groups in total. The van der Waals surface area contributed by atoms with E-state index in [4.69, 9.17) is 4.98 Å². The molecular weight excluding hydrogens is 424 g/mol. The van der Waals surface area contributed by atoms with E-state index in [1.54, 1.807) is 11.1 Å². The van der Waals surface area contributed by atoms with Crippen molar-refractivity contribution in [2.45, 2.75) is 87.1 Å². The largest absolute Gasteiger partial charge is 0.335 e. The van der Waals surface area contributed by atoms with E-state index < -0.39 is 0 Å². The molecule has 35 heavy (non-hydrogen) atoms. The van der Waals surface area contributed by atoms with Gasteiger partial charge >= 0.3 is 0 Å². The minimum absolute atomic E-state index is 0.502. The second-order valence-corrected chi connectivity index (χ2v) is 9.12. The standard InChI is InChI=1S/C27H28N2.2C2H6.C2H4/c1-5-7-20-17(4)29-14-23-21-9-6-8-19-16(3)15(2)12-24(26(19)21)28-27(23)25(29)13-22(20)18-10-11-18;3*1-2/h10-13,18H,4-9,14H2,1-3H3;2*1-2H3;1-2H2. The van der Waals surface area contributed by atoms with Gasteiger partial charge in [-0.2, -0.15) is 0 Å². The molecule has 3 heterocycles. The first-order valence-electron chi connectivity index (χ1n) is 13.6. The molecule has 4 aliphatic rings. The third kappa shape index (κ3) is 4.44. The van der Waals surface area contributed by atoms with Crippen molar-refractivity contribution in [2.75, 3.05) is 0 Å². The smallest absolute Gasteiger partial charge is 0.0927 e. The van der Waals surface area contributed by atoms with Crippen LogP contribution in [-0.4, -0.2) is 9.88 Å². The Hall–Kier alpha value is -2.87. The van der Waals surface area contributed by atoms with Gasteiger partial charge in [-0.05, 0) is 85.1 Å². The fourth-order valence-electron chi connectivity index (χ4n) is 5.71. The van der Waals surface area contributed by atoms with Gasteiger partial charge in [-0.15, -0.1) is 13.2 Å². The Labute approximate surface area is 213 Å². The first-order chi connectivity index (χ1) is 17.1. The normalized spacial score (nSPS) is 16.8. The SMILES string of the molecule is C=C.C=C1C(CCC)=C(C2C=C2)C=C2c3nc4cc(C)c(C)c5c4c(c3CN12)CCC5.CC.CC. The van der Waals surface area contributed by atoms with Gasteiger partial charge in [-0.25, -0.2) is 4.98 Å². The number of hydrogen-bond donors (Lipinski definition) is 0. The molecule has 0 atom stereocenters. The molecule has 2 heteroatoms. The Balaban J connectivity index is 0.000000533. The number of rotatable bonds is 3. The second kappa shape index (κ2) is 11.2. The van der Waals surface area contributed by atoms with Crippen LogP contribution in [0.3, 0.4) is 0 Å². The molecule has 0 bridgehead atoms. The van der Waals surface area contributed by atoms with Gasteiger partial charge < -0.3 is 4.90 Å². The molecule has 2 aliphatic heterocycles. The van der Waals surface area contributed by atoms with Crippen LogP contribution in [0.1, 0.15) is 87.4 Å². The van der Waals surface area contributed by atoms with Crippen molar-refractivity contribution in [1.29, 1.82) is 0 Å². The molecule has 0 amide bonds. The lowest BCUT2D eigenvalue weighted by molar-refractivity contribution is 0.502. The number of nitrogens with zero attached hydrogens (tertiary/aromatic N) is 2. The molecule has 2 nitrogen and oxygen atoms in total. The maximum Gasteiger partial charge on any atom is 0.0927 e. The quantitative estimate of drug-likeness (QED) is 0.417. The molecule has 0 saturated carbocycles. The van der Waals surface area contributed by atoms with Gasteiger partial charge in [-0.3, -0.25) is 0 Å². The summed E-state index contributed by atoms with van der Waals surface area (Å²) in [6.45, 7) is 26.3. The first kappa shape index (κ1) is 26.7. The van der Waals surface area contributed by atoms with E-state index in [1.807, 2.05) is 27.7 Å². The van der Waals surface area contributed by atoms with E-state index in [9.17, 15) is 0 Å². The predicted molar refractivity (Wildman–Crippen MR) is 154 cm³/mol. The van der Waals surface area contributed by atoms with E-state index >= 15 is 0 Å². The van der Waals surface area contributed by atoms with Crippen LogP contribution in [0.25, 0.3) is 16.6 Å². The summed E-state index contributed by atoms with van der Waals surface area (Å²) in [6.07, 6.45) is 12.9. The molecule has 0 radical (unpaired) electrons. The van der Waals surface area contributed by atoms with Crippen LogP contribution < -0.4 is 0 Å². The zero-order chi connectivity index (χ0) is 25.9. The van der Waals surface area contributed by atoms with Gasteiger partial charge in [0.25, 0.3) is 0 Å². The van der Waals surface area contributed by atoms with Crippen molar-refractivity contribution < 1.29 is 0 Å². The fourth-order valence-corrected chi connectivity index (χ4v) is 5.71. The van der Waals surface area contributed by atoms with E-state index in [0.717, 1.165) is 19.4 Å². The van der Waals surface area contributed by atoms with Gasteiger partial charge in [0.15, 0.2) is 0 Å². The second-order valence-electron chi connectivity index (χ2n) is 9.12. The minimum atomic E-state index is 0.502. The van der Waals surface area contributed by atoms with Crippen LogP contribution in [0.5, 0.6) is 0 Å². The third-order valence-electron chi connectivity index (χ3n) is 7.40. The molecule has 2 aliphatic carbocycles. The highest BCUT2D eigenvalue weighted by molar-refractivity contribution is 5.93. The molecule has 1 aromatic carbocycles. The van der Waals surface area contributed by atoms with Crippen LogP contribution in [0.15, 0.2) is 60.9 Å². The van der Waals surface area contributed by atoms with E-state index in [-0.39, 0.29) is 0 Å². The first-order valence-corrected chi connectivity index (χ1v) is 13.6. The predicted octanol–water partition coefficient (Wildman–Crippen LogP) is 9.16. The molecule has 0 fully saturated rings. The summed E-state index contributed by atoms with van der Waals surface area (Å²) in [5.74, 6) is 0.502. The topological polar surface area (TPSA) is 16.1 Å². The number of aromatic nitrogens is 1. The highest BCUT2D eigenvalue weighted by Gasteiger charge is 2.37. The van der Waals surface area contributed by atoms with Crippen molar-refractivity contribution in [3.8, 4) is 0 Å². The minimum Gasteiger partial charge on any atom is -0.335 e. The summed E-state index contributed by atoms with van der Waals surface area (Å²) < 4.78 is 0. The number of pyridine rings is 1. The van der Waals surface area contributed by atoms with Gasteiger partial charge in [0.05, 0.1) is 23.5 Å². The van der Waals surface area contributed by atoms with Crippen molar-refractivity contribution in [2.24, 2.45) is 5.92 Å². The van der Waals surface area contributed by atoms with Crippen LogP contribution in [0, 0.1) is 19.8 Å². The zero-order valence-corrected chi connectivity index (χ0v) is 23.1. The van der Waals surface area contributed by atoms with Gasteiger partial charge in [0.1, 0.15) is 0 Å². The Bertz CT molecular complexity index is 1220. The third-order valence-corrected chi connectivity index (χ3v) is 7.40. The van der Waals surface area contributed by atoms with Crippen LogP contribution in [-0.2, 0) is 19.4 Å². The zero-order valence-electron chi connectivity index (χ0n) is 23.1. The summed E-state index contributed by atoms with van der Waals surface area (Å²) in [5.41, 5.74) is 15.2. The molecule has 186 valence electrons. The molecule has 1 aromatic heterocycles. The van der Waals surface area contributed by atoms with Crippen molar-refractivity contribution >= 4 is 16.6 Å². The van der Waals surface area contributed by atoms with E-state index in [2.05, 4.69) is 69.7 Å². The Morgan fingerprint density at radius 2 is 1.66 bits per heavy atom. The van der Waals surface area contributed by atoms with Gasteiger partial charge in [-0.1, -0.05) is 59.8 Å². The number of hydrogen-bond acceptors (Lipinski definition) is 2. The Morgan fingerprint density at radius 1 is 1.00 bits per heavy atom. The average molecular weight is 469 g/mol. The lowest BCUT2D eigenvalue weighted by Gasteiger charge is -2.30. The lowest BCUT2D eigenvalue weighted by Crippen LogP contribution is -2.21. The summed E-state index contributed by atoms with van der Waals surface area (Å²) >= 11 is 0. The fraction of sp³-hybridized carbons (Fsp3) is 0.424. The van der Waals surface area contributed by atoms with Crippen molar-refractivity contribution in [3.63, 3.8) is 0 Å². The number of benzene rings is 1. The molecule has 0 unspecified atom stereocenters. The highest BCUT2D eigenvalue weighted by atomic mass is 15.2. The molecule has 6 rings (SSSR count). The maximum absolute atomic E-state index is 5.27. The summed E-state index contributed by atoms with van der Waals surface area (Å²) in [5, 5.41) is 1.45. The maximum atomic E-state index is 5.27.